The molecule has 0 bridgehead atoms. The van der Waals surface area contributed by atoms with Gasteiger partial charge in [0.15, 0.2) is 0 Å². The van der Waals surface area contributed by atoms with Crippen LogP contribution in [0.5, 0.6) is 0 Å². The Bertz CT molecular complexity index is 363. The Morgan fingerprint density at radius 2 is 1.76 bits per heavy atom. The standard InChI is InChI=1S/C14H26N2O5/c1-10(17)16-11(12(18)19)8-6-5-7-9-15-13(20)21-14(2,3)4/h11H,5-9H2,1-4H3,(H,15,20)(H,16,17)(H,18,19). The fraction of sp³-hybridized carbons (Fsp3) is 0.786. The number of carbonyl (C=O) groups is 3. The van der Waals surface area contributed by atoms with Gasteiger partial charge in [-0.05, 0) is 33.6 Å². The Hall–Kier alpha value is -1.79. The maximum absolute atomic E-state index is 11.4. The van der Waals surface area contributed by atoms with Gasteiger partial charge in [0.2, 0.25) is 5.91 Å². The van der Waals surface area contributed by atoms with Gasteiger partial charge in [-0.2, -0.15) is 0 Å². The Labute approximate surface area is 125 Å². The number of aliphatic carboxylic acids is 1. The quantitative estimate of drug-likeness (QED) is 0.591. The summed E-state index contributed by atoms with van der Waals surface area (Å²) in [6.07, 6.45) is 2.07. The minimum atomic E-state index is -1.03. The lowest BCUT2D eigenvalue weighted by Crippen LogP contribution is -2.39. The van der Waals surface area contributed by atoms with Crippen LogP contribution in [0.4, 0.5) is 4.79 Å². The highest BCUT2D eigenvalue weighted by Crippen LogP contribution is 2.07. The highest BCUT2D eigenvalue weighted by atomic mass is 16.6. The molecule has 2 amide bonds. The fourth-order valence-corrected chi connectivity index (χ4v) is 1.66. The molecule has 7 nitrogen and oxygen atoms in total. The molecule has 0 saturated heterocycles. The van der Waals surface area contributed by atoms with Crippen LogP contribution in [0.3, 0.4) is 0 Å². The van der Waals surface area contributed by atoms with Crippen LogP contribution in [0, 0.1) is 0 Å². The van der Waals surface area contributed by atoms with Crippen LogP contribution in [0.2, 0.25) is 0 Å². The largest absolute Gasteiger partial charge is 0.480 e. The SMILES string of the molecule is CC(=O)NC(CCCCCNC(=O)OC(C)(C)C)C(=O)O. The van der Waals surface area contributed by atoms with Gasteiger partial charge in [-0.1, -0.05) is 12.8 Å². The van der Waals surface area contributed by atoms with Crippen molar-refractivity contribution in [1.29, 1.82) is 0 Å². The van der Waals surface area contributed by atoms with Crippen LogP contribution in [-0.4, -0.2) is 41.3 Å². The Balaban J connectivity index is 3.73. The fourth-order valence-electron chi connectivity index (χ4n) is 1.66. The number of rotatable bonds is 8. The molecule has 0 radical (unpaired) electrons. The van der Waals surface area contributed by atoms with Gasteiger partial charge in [0.05, 0.1) is 0 Å². The molecule has 0 fully saturated rings. The van der Waals surface area contributed by atoms with E-state index in [9.17, 15) is 14.4 Å². The number of alkyl carbamates (subject to hydrolysis) is 1. The van der Waals surface area contributed by atoms with Crippen molar-refractivity contribution in [3.63, 3.8) is 0 Å². The monoisotopic (exact) mass is 302 g/mol. The number of carbonyl (C=O) groups excluding carboxylic acids is 2. The zero-order chi connectivity index (χ0) is 16.5. The number of ether oxygens (including phenoxy) is 1. The van der Waals surface area contributed by atoms with E-state index in [0.29, 0.717) is 19.4 Å². The van der Waals surface area contributed by atoms with Crippen molar-refractivity contribution < 1.29 is 24.2 Å². The van der Waals surface area contributed by atoms with E-state index in [4.69, 9.17) is 9.84 Å². The first-order valence-corrected chi connectivity index (χ1v) is 7.08. The van der Waals surface area contributed by atoms with Gasteiger partial charge in [-0.3, -0.25) is 4.79 Å². The summed E-state index contributed by atoms with van der Waals surface area (Å²) >= 11 is 0. The first kappa shape index (κ1) is 19.2. The van der Waals surface area contributed by atoms with Gasteiger partial charge in [0, 0.05) is 13.5 Å². The van der Waals surface area contributed by atoms with Crippen molar-refractivity contribution in [1.82, 2.24) is 10.6 Å². The van der Waals surface area contributed by atoms with E-state index in [1.807, 2.05) is 0 Å². The molecule has 7 heteroatoms. The second-order valence-corrected chi connectivity index (χ2v) is 5.87. The van der Waals surface area contributed by atoms with E-state index in [1.54, 1.807) is 20.8 Å². The van der Waals surface area contributed by atoms with Crippen molar-refractivity contribution in [2.75, 3.05) is 6.54 Å². The number of carboxylic acids is 1. The van der Waals surface area contributed by atoms with Crippen LogP contribution in [0.25, 0.3) is 0 Å². The molecule has 0 aliphatic heterocycles. The lowest BCUT2D eigenvalue weighted by atomic mass is 10.1. The molecule has 0 aromatic carbocycles. The average molecular weight is 302 g/mol. The predicted octanol–water partition coefficient (Wildman–Crippen LogP) is 1.66. The van der Waals surface area contributed by atoms with E-state index < -0.39 is 23.7 Å². The maximum atomic E-state index is 11.4. The van der Waals surface area contributed by atoms with Crippen molar-refractivity contribution >= 4 is 18.0 Å². The molecule has 1 unspecified atom stereocenters. The summed E-state index contributed by atoms with van der Waals surface area (Å²) in [4.78, 5) is 33.1. The van der Waals surface area contributed by atoms with Crippen molar-refractivity contribution in [2.45, 2.75) is 65.0 Å². The molecule has 122 valence electrons. The Morgan fingerprint density at radius 1 is 1.14 bits per heavy atom. The third-order valence-corrected chi connectivity index (χ3v) is 2.51. The predicted molar refractivity (Wildman–Crippen MR) is 77.9 cm³/mol. The molecule has 3 N–H and O–H groups in total. The molecule has 1 atom stereocenters. The minimum Gasteiger partial charge on any atom is -0.480 e. The molecule has 0 aliphatic carbocycles. The normalized spacial score (nSPS) is 12.4. The smallest absolute Gasteiger partial charge is 0.407 e. The van der Waals surface area contributed by atoms with Gasteiger partial charge in [-0.25, -0.2) is 9.59 Å². The third kappa shape index (κ3) is 11.7. The molecular formula is C14H26N2O5. The van der Waals surface area contributed by atoms with E-state index in [-0.39, 0.29) is 5.91 Å². The lowest BCUT2D eigenvalue weighted by Gasteiger charge is -2.19. The van der Waals surface area contributed by atoms with Crippen LogP contribution >= 0.6 is 0 Å². The number of hydrogen-bond acceptors (Lipinski definition) is 4. The summed E-state index contributed by atoms with van der Waals surface area (Å²) in [6, 6.07) is -0.846. The summed E-state index contributed by atoms with van der Waals surface area (Å²) in [6.45, 7) is 7.15. The number of unbranched alkanes of at least 4 members (excludes halogenated alkanes) is 2. The molecule has 0 aliphatic rings. The van der Waals surface area contributed by atoms with Crippen LogP contribution in [-0.2, 0) is 14.3 Å². The molecule has 0 heterocycles. The van der Waals surface area contributed by atoms with Crippen LogP contribution in [0.1, 0.15) is 53.4 Å². The van der Waals surface area contributed by atoms with E-state index >= 15 is 0 Å². The second-order valence-electron chi connectivity index (χ2n) is 5.87. The van der Waals surface area contributed by atoms with Gasteiger partial charge in [0.25, 0.3) is 0 Å². The summed E-state index contributed by atoms with van der Waals surface area (Å²) < 4.78 is 5.08. The zero-order valence-electron chi connectivity index (χ0n) is 13.2. The van der Waals surface area contributed by atoms with Gasteiger partial charge in [-0.15, -0.1) is 0 Å². The number of hydrogen-bond donors (Lipinski definition) is 3. The van der Waals surface area contributed by atoms with Crippen molar-refractivity contribution in [3.05, 3.63) is 0 Å². The number of carboxylic acid groups (broad SMARTS) is 1. The third-order valence-electron chi connectivity index (χ3n) is 2.51. The summed E-state index contributed by atoms with van der Waals surface area (Å²) in [5.41, 5.74) is -0.517. The van der Waals surface area contributed by atoms with Gasteiger partial charge >= 0.3 is 12.1 Å². The Kier molecular flexibility index (Phi) is 8.42. The number of nitrogens with one attached hydrogen (secondary N) is 2. The first-order chi connectivity index (χ1) is 9.61. The summed E-state index contributed by atoms with van der Waals surface area (Å²) in [7, 11) is 0. The highest BCUT2D eigenvalue weighted by molar-refractivity contribution is 5.81. The topological polar surface area (TPSA) is 105 Å². The molecule has 0 spiro atoms. The first-order valence-electron chi connectivity index (χ1n) is 7.08. The van der Waals surface area contributed by atoms with Crippen LogP contribution < -0.4 is 10.6 Å². The molecular weight excluding hydrogens is 276 g/mol. The van der Waals surface area contributed by atoms with Crippen LogP contribution in [0.15, 0.2) is 0 Å². The van der Waals surface area contributed by atoms with E-state index in [0.717, 1.165) is 12.8 Å². The Morgan fingerprint density at radius 3 is 2.24 bits per heavy atom. The van der Waals surface area contributed by atoms with Gasteiger partial charge in [0.1, 0.15) is 11.6 Å². The second kappa shape index (κ2) is 9.20. The minimum absolute atomic E-state index is 0.353. The highest BCUT2D eigenvalue weighted by Gasteiger charge is 2.17. The molecule has 0 aromatic heterocycles. The summed E-state index contributed by atoms with van der Waals surface area (Å²) in [5, 5.41) is 13.9. The average Bonchev–Trinajstić information content (AvgIpc) is 2.28. The zero-order valence-corrected chi connectivity index (χ0v) is 13.2. The van der Waals surface area contributed by atoms with E-state index in [1.165, 1.54) is 6.92 Å². The van der Waals surface area contributed by atoms with Crippen molar-refractivity contribution in [2.24, 2.45) is 0 Å². The van der Waals surface area contributed by atoms with Gasteiger partial charge < -0.3 is 20.5 Å². The van der Waals surface area contributed by atoms with Crippen molar-refractivity contribution in [3.8, 4) is 0 Å². The molecule has 0 aromatic rings. The summed E-state index contributed by atoms with van der Waals surface area (Å²) in [5.74, 6) is -1.38. The van der Waals surface area contributed by atoms with E-state index in [2.05, 4.69) is 10.6 Å². The lowest BCUT2D eigenvalue weighted by molar-refractivity contribution is -0.141. The number of amides is 2. The maximum Gasteiger partial charge on any atom is 0.407 e. The molecule has 21 heavy (non-hydrogen) atoms. The molecule has 0 rings (SSSR count). The molecule has 0 saturated carbocycles.